The highest BCUT2D eigenvalue weighted by Gasteiger charge is 2.38. The summed E-state index contributed by atoms with van der Waals surface area (Å²) in [5, 5.41) is 10.4. The van der Waals surface area contributed by atoms with Crippen LogP contribution < -0.4 is 10.6 Å². The van der Waals surface area contributed by atoms with Gasteiger partial charge in [0.25, 0.3) is 0 Å². The average molecular weight is 279 g/mol. The summed E-state index contributed by atoms with van der Waals surface area (Å²) in [6.45, 7) is 9.73. The van der Waals surface area contributed by atoms with Crippen LogP contribution in [0.3, 0.4) is 0 Å². The van der Waals surface area contributed by atoms with Crippen molar-refractivity contribution in [3.8, 4) is 0 Å². The number of piperidine rings is 1. The SMILES string of the molecule is CCC1(C(=O)NC(C)c2c(C)noc2C)CCNCC1. The lowest BCUT2D eigenvalue weighted by Crippen LogP contribution is -2.47. The van der Waals surface area contributed by atoms with Gasteiger partial charge in [-0.1, -0.05) is 12.1 Å². The van der Waals surface area contributed by atoms with Gasteiger partial charge >= 0.3 is 0 Å². The topological polar surface area (TPSA) is 67.2 Å². The third-order valence-corrected chi connectivity index (χ3v) is 4.59. The molecule has 0 saturated carbocycles. The van der Waals surface area contributed by atoms with E-state index in [2.05, 4.69) is 22.7 Å². The van der Waals surface area contributed by atoms with Crippen molar-refractivity contribution in [3.05, 3.63) is 17.0 Å². The van der Waals surface area contributed by atoms with Crippen LogP contribution in [0.1, 0.15) is 56.2 Å². The average Bonchev–Trinajstić information content (AvgIpc) is 2.78. The Kier molecular flexibility index (Phi) is 4.48. The molecule has 0 aliphatic carbocycles. The van der Waals surface area contributed by atoms with Gasteiger partial charge in [-0.15, -0.1) is 0 Å². The molecule has 1 amide bonds. The van der Waals surface area contributed by atoms with Gasteiger partial charge in [-0.3, -0.25) is 4.79 Å². The second-order valence-electron chi connectivity index (χ2n) is 5.82. The Balaban J connectivity index is 2.10. The van der Waals surface area contributed by atoms with Gasteiger partial charge in [-0.25, -0.2) is 0 Å². The molecular formula is C15H25N3O2. The molecule has 2 N–H and O–H groups in total. The van der Waals surface area contributed by atoms with Crippen LogP contribution in [0.2, 0.25) is 0 Å². The molecule has 112 valence electrons. The maximum atomic E-state index is 12.7. The van der Waals surface area contributed by atoms with Gasteiger partial charge in [0.05, 0.1) is 17.2 Å². The molecule has 0 radical (unpaired) electrons. The first kappa shape index (κ1) is 15.0. The minimum Gasteiger partial charge on any atom is -0.361 e. The van der Waals surface area contributed by atoms with Gasteiger partial charge in [0, 0.05) is 5.56 Å². The van der Waals surface area contributed by atoms with E-state index >= 15 is 0 Å². The lowest BCUT2D eigenvalue weighted by molar-refractivity contribution is -0.133. The first-order chi connectivity index (χ1) is 9.50. The number of aryl methyl sites for hydroxylation is 2. The Morgan fingerprint density at radius 3 is 2.60 bits per heavy atom. The largest absolute Gasteiger partial charge is 0.361 e. The number of nitrogens with one attached hydrogen (secondary N) is 2. The summed E-state index contributed by atoms with van der Waals surface area (Å²) in [5.74, 6) is 0.945. The molecule has 0 bridgehead atoms. The summed E-state index contributed by atoms with van der Waals surface area (Å²) in [4.78, 5) is 12.7. The smallest absolute Gasteiger partial charge is 0.226 e. The van der Waals surface area contributed by atoms with Crippen molar-refractivity contribution in [3.63, 3.8) is 0 Å². The summed E-state index contributed by atoms with van der Waals surface area (Å²) in [6, 6.07) is -0.0629. The zero-order valence-corrected chi connectivity index (χ0v) is 12.9. The number of amides is 1. The molecule has 1 unspecified atom stereocenters. The van der Waals surface area contributed by atoms with Gasteiger partial charge in [0.15, 0.2) is 0 Å². The minimum atomic E-state index is -0.224. The Hall–Kier alpha value is -1.36. The number of nitrogens with zero attached hydrogens (tertiary/aromatic N) is 1. The zero-order valence-electron chi connectivity index (χ0n) is 12.9. The highest BCUT2D eigenvalue weighted by molar-refractivity contribution is 5.83. The lowest BCUT2D eigenvalue weighted by Gasteiger charge is -2.36. The van der Waals surface area contributed by atoms with E-state index in [-0.39, 0.29) is 17.4 Å². The molecule has 1 aromatic heterocycles. The Morgan fingerprint density at radius 1 is 1.45 bits per heavy atom. The second kappa shape index (κ2) is 5.95. The fourth-order valence-corrected chi connectivity index (χ4v) is 3.18. The van der Waals surface area contributed by atoms with Gasteiger partial charge in [0.2, 0.25) is 5.91 Å². The molecule has 1 aromatic rings. The number of carbonyl (C=O) groups excluding carboxylic acids is 1. The van der Waals surface area contributed by atoms with Crippen molar-refractivity contribution >= 4 is 5.91 Å². The van der Waals surface area contributed by atoms with Gasteiger partial charge in [-0.2, -0.15) is 0 Å². The van der Waals surface area contributed by atoms with E-state index in [0.29, 0.717) is 0 Å². The van der Waals surface area contributed by atoms with Crippen LogP contribution in [-0.2, 0) is 4.79 Å². The van der Waals surface area contributed by atoms with E-state index in [1.54, 1.807) is 0 Å². The first-order valence-electron chi connectivity index (χ1n) is 7.44. The molecule has 1 aliphatic rings. The number of rotatable bonds is 4. The van der Waals surface area contributed by atoms with Crippen molar-refractivity contribution in [2.45, 2.75) is 53.0 Å². The third kappa shape index (κ3) is 2.73. The van der Waals surface area contributed by atoms with Gasteiger partial charge in [-0.05, 0) is 53.1 Å². The lowest BCUT2D eigenvalue weighted by atomic mass is 9.75. The van der Waals surface area contributed by atoms with E-state index in [1.807, 2.05) is 20.8 Å². The van der Waals surface area contributed by atoms with E-state index in [4.69, 9.17) is 4.52 Å². The molecule has 1 saturated heterocycles. The number of carbonyl (C=O) groups is 1. The summed E-state index contributed by atoms with van der Waals surface area (Å²) in [6.07, 6.45) is 2.70. The standard InChI is InChI=1S/C15H25N3O2/c1-5-15(6-8-16-9-7-15)14(19)17-10(2)13-11(3)18-20-12(13)4/h10,16H,5-9H2,1-4H3,(H,17,19). The van der Waals surface area contributed by atoms with Crippen molar-refractivity contribution in [2.75, 3.05) is 13.1 Å². The summed E-state index contributed by atoms with van der Waals surface area (Å²) in [5.41, 5.74) is 1.63. The fraction of sp³-hybridized carbons (Fsp3) is 0.733. The van der Waals surface area contributed by atoms with E-state index in [0.717, 1.165) is 49.4 Å². The summed E-state index contributed by atoms with van der Waals surface area (Å²) < 4.78 is 5.18. The Labute approximate surface area is 120 Å². The minimum absolute atomic E-state index is 0.0629. The van der Waals surface area contributed by atoms with Gasteiger partial charge in [0.1, 0.15) is 5.76 Å². The highest BCUT2D eigenvalue weighted by atomic mass is 16.5. The monoisotopic (exact) mass is 279 g/mol. The maximum Gasteiger partial charge on any atom is 0.226 e. The van der Waals surface area contributed by atoms with Crippen LogP contribution in [0.4, 0.5) is 0 Å². The number of hydrogen-bond acceptors (Lipinski definition) is 4. The molecular weight excluding hydrogens is 254 g/mol. The van der Waals surface area contributed by atoms with Crippen molar-refractivity contribution in [1.29, 1.82) is 0 Å². The van der Waals surface area contributed by atoms with Crippen LogP contribution in [0.5, 0.6) is 0 Å². The third-order valence-electron chi connectivity index (χ3n) is 4.59. The van der Waals surface area contributed by atoms with Crippen LogP contribution >= 0.6 is 0 Å². The van der Waals surface area contributed by atoms with Crippen molar-refractivity contribution < 1.29 is 9.32 Å². The quantitative estimate of drug-likeness (QED) is 0.887. The van der Waals surface area contributed by atoms with Crippen LogP contribution in [0.15, 0.2) is 4.52 Å². The zero-order chi connectivity index (χ0) is 14.8. The van der Waals surface area contributed by atoms with Crippen molar-refractivity contribution in [2.24, 2.45) is 5.41 Å². The van der Waals surface area contributed by atoms with Gasteiger partial charge < -0.3 is 15.2 Å². The molecule has 0 aromatic carbocycles. The Morgan fingerprint density at radius 2 is 2.10 bits per heavy atom. The molecule has 5 nitrogen and oxygen atoms in total. The summed E-state index contributed by atoms with van der Waals surface area (Å²) >= 11 is 0. The second-order valence-corrected chi connectivity index (χ2v) is 5.82. The highest BCUT2D eigenvalue weighted by Crippen LogP contribution is 2.34. The van der Waals surface area contributed by atoms with E-state index in [1.165, 1.54) is 0 Å². The fourth-order valence-electron chi connectivity index (χ4n) is 3.18. The molecule has 20 heavy (non-hydrogen) atoms. The van der Waals surface area contributed by atoms with Crippen LogP contribution in [-0.4, -0.2) is 24.2 Å². The molecule has 1 aliphatic heterocycles. The van der Waals surface area contributed by atoms with E-state index in [9.17, 15) is 4.79 Å². The first-order valence-corrected chi connectivity index (χ1v) is 7.44. The normalized spacial score (nSPS) is 19.6. The predicted octanol–water partition coefficient (Wildman–Crippen LogP) is 2.25. The molecule has 0 spiro atoms. The predicted molar refractivity (Wildman–Crippen MR) is 77.4 cm³/mol. The Bertz CT molecular complexity index is 456. The molecule has 1 fully saturated rings. The molecule has 2 heterocycles. The van der Waals surface area contributed by atoms with Crippen LogP contribution in [0, 0.1) is 19.3 Å². The molecule has 1 atom stereocenters. The number of hydrogen-bond donors (Lipinski definition) is 2. The number of aromatic nitrogens is 1. The van der Waals surface area contributed by atoms with Crippen LogP contribution in [0.25, 0.3) is 0 Å². The summed E-state index contributed by atoms with van der Waals surface area (Å²) in [7, 11) is 0. The molecule has 2 rings (SSSR count). The molecule has 5 heteroatoms. The van der Waals surface area contributed by atoms with Crippen molar-refractivity contribution in [1.82, 2.24) is 15.8 Å². The van der Waals surface area contributed by atoms with E-state index < -0.39 is 0 Å². The maximum absolute atomic E-state index is 12.7.